The molecule has 0 saturated heterocycles. The second-order valence-electron chi connectivity index (χ2n) is 3.79. The number of benzene rings is 1. The number of aliphatic hydroxyl groups is 1. The molecule has 0 aliphatic carbocycles. The first kappa shape index (κ1) is 11.1. The topological polar surface area (TPSA) is 46.2 Å². The minimum Gasteiger partial charge on any atom is -0.385 e. The van der Waals surface area contributed by atoms with Gasteiger partial charge in [-0.05, 0) is 31.2 Å². The maximum Gasteiger partial charge on any atom is 0.123 e. The fourth-order valence-corrected chi connectivity index (χ4v) is 1.30. The van der Waals surface area contributed by atoms with Crippen LogP contribution in [-0.4, -0.2) is 11.7 Å². The summed E-state index contributed by atoms with van der Waals surface area (Å²) in [5.41, 5.74) is 5.19. The van der Waals surface area contributed by atoms with E-state index >= 15 is 0 Å². The predicted molar refractivity (Wildman–Crippen MR) is 54.2 cm³/mol. The molecule has 3 heteroatoms. The zero-order chi connectivity index (χ0) is 10.8. The van der Waals surface area contributed by atoms with Gasteiger partial charge in [0.25, 0.3) is 0 Å². The molecule has 3 N–H and O–H groups in total. The lowest BCUT2D eigenvalue weighted by atomic mass is 9.84. The molecule has 0 aromatic heterocycles. The van der Waals surface area contributed by atoms with Crippen LogP contribution in [0.25, 0.3) is 0 Å². The van der Waals surface area contributed by atoms with Gasteiger partial charge in [0.15, 0.2) is 0 Å². The maximum absolute atomic E-state index is 12.7. The van der Waals surface area contributed by atoms with E-state index in [0.717, 1.165) is 0 Å². The third-order valence-corrected chi connectivity index (χ3v) is 2.74. The van der Waals surface area contributed by atoms with E-state index in [9.17, 15) is 9.50 Å². The van der Waals surface area contributed by atoms with E-state index < -0.39 is 5.60 Å². The van der Waals surface area contributed by atoms with E-state index in [-0.39, 0.29) is 11.7 Å². The van der Waals surface area contributed by atoms with Crippen LogP contribution in [0.3, 0.4) is 0 Å². The summed E-state index contributed by atoms with van der Waals surface area (Å²) >= 11 is 0. The molecule has 1 rings (SSSR count). The minimum atomic E-state index is -0.998. The second-order valence-corrected chi connectivity index (χ2v) is 3.79. The Bertz CT molecular complexity index is 295. The molecule has 0 aliphatic rings. The van der Waals surface area contributed by atoms with E-state index in [1.165, 1.54) is 12.1 Å². The molecule has 0 aliphatic heterocycles. The van der Waals surface area contributed by atoms with Crippen LogP contribution in [0.1, 0.15) is 19.4 Å². The van der Waals surface area contributed by atoms with E-state index in [1.54, 1.807) is 19.1 Å². The highest BCUT2D eigenvalue weighted by atomic mass is 19.1. The first-order chi connectivity index (χ1) is 6.48. The second kappa shape index (κ2) is 4.07. The summed E-state index contributed by atoms with van der Waals surface area (Å²) in [4.78, 5) is 0. The predicted octanol–water partition coefficient (Wildman–Crippen LogP) is 1.63. The SMILES string of the molecule is CC(CN)C(C)(O)c1ccc(F)cc1. The zero-order valence-corrected chi connectivity index (χ0v) is 8.50. The Kier molecular flexibility index (Phi) is 3.24. The molecule has 2 nitrogen and oxygen atoms in total. The average Bonchev–Trinajstić information content (AvgIpc) is 2.17. The summed E-state index contributed by atoms with van der Waals surface area (Å²) in [6, 6.07) is 5.85. The molecule has 0 fully saturated rings. The quantitative estimate of drug-likeness (QED) is 0.773. The summed E-state index contributed by atoms with van der Waals surface area (Å²) in [6.07, 6.45) is 0. The van der Waals surface area contributed by atoms with E-state index in [4.69, 9.17) is 5.73 Å². The summed E-state index contributed by atoms with van der Waals surface area (Å²) in [5.74, 6) is -0.363. The van der Waals surface area contributed by atoms with Crippen molar-refractivity contribution < 1.29 is 9.50 Å². The first-order valence-electron chi connectivity index (χ1n) is 4.67. The van der Waals surface area contributed by atoms with Crippen molar-refractivity contribution in [1.29, 1.82) is 0 Å². The summed E-state index contributed by atoms with van der Waals surface area (Å²) in [7, 11) is 0. The molecule has 14 heavy (non-hydrogen) atoms. The Morgan fingerprint density at radius 1 is 1.43 bits per heavy atom. The van der Waals surface area contributed by atoms with Crippen molar-refractivity contribution in [3.05, 3.63) is 35.6 Å². The van der Waals surface area contributed by atoms with Gasteiger partial charge in [0, 0.05) is 5.92 Å². The molecule has 0 heterocycles. The highest BCUT2D eigenvalue weighted by molar-refractivity contribution is 5.23. The molecule has 0 bridgehead atoms. The third kappa shape index (κ3) is 2.11. The molecule has 2 atom stereocenters. The highest BCUT2D eigenvalue weighted by Crippen LogP contribution is 2.28. The standard InChI is InChI=1S/C11H16FNO/c1-8(7-13)11(2,14)9-3-5-10(12)6-4-9/h3-6,8,14H,7,13H2,1-2H3. The van der Waals surface area contributed by atoms with Crippen LogP contribution in [0.5, 0.6) is 0 Å². The van der Waals surface area contributed by atoms with Gasteiger partial charge in [0.2, 0.25) is 0 Å². The van der Waals surface area contributed by atoms with E-state index in [0.29, 0.717) is 12.1 Å². The van der Waals surface area contributed by atoms with Gasteiger partial charge in [-0.25, -0.2) is 4.39 Å². The lowest BCUT2D eigenvalue weighted by Crippen LogP contribution is -2.34. The van der Waals surface area contributed by atoms with Crippen LogP contribution >= 0.6 is 0 Å². The van der Waals surface area contributed by atoms with Crippen molar-refractivity contribution in [1.82, 2.24) is 0 Å². The highest BCUT2D eigenvalue weighted by Gasteiger charge is 2.29. The maximum atomic E-state index is 12.7. The van der Waals surface area contributed by atoms with Crippen molar-refractivity contribution in [2.45, 2.75) is 19.4 Å². The van der Waals surface area contributed by atoms with Crippen LogP contribution in [0.15, 0.2) is 24.3 Å². The normalized spacial score (nSPS) is 17.5. The van der Waals surface area contributed by atoms with E-state index in [1.807, 2.05) is 6.92 Å². The van der Waals surface area contributed by atoms with Crippen molar-refractivity contribution in [2.24, 2.45) is 11.7 Å². The molecule has 78 valence electrons. The van der Waals surface area contributed by atoms with Crippen LogP contribution in [0.4, 0.5) is 4.39 Å². The molecule has 0 amide bonds. The summed E-state index contributed by atoms with van der Waals surface area (Å²) < 4.78 is 12.7. The van der Waals surface area contributed by atoms with Crippen LogP contribution in [0, 0.1) is 11.7 Å². The number of halogens is 1. The van der Waals surface area contributed by atoms with Crippen molar-refractivity contribution >= 4 is 0 Å². The molecular weight excluding hydrogens is 181 g/mol. The lowest BCUT2D eigenvalue weighted by Gasteiger charge is -2.29. The fraction of sp³-hybridized carbons (Fsp3) is 0.455. The third-order valence-electron chi connectivity index (χ3n) is 2.74. The smallest absolute Gasteiger partial charge is 0.123 e. The van der Waals surface area contributed by atoms with Gasteiger partial charge in [0.05, 0.1) is 5.60 Å². The van der Waals surface area contributed by atoms with Gasteiger partial charge >= 0.3 is 0 Å². The molecule has 1 aromatic rings. The molecule has 0 saturated carbocycles. The van der Waals surface area contributed by atoms with Crippen molar-refractivity contribution in [3.8, 4) is 0 Å². The Labute approximate surface area is 83.6 Å². The Hall–Kier alpha value is -0.930. The minimum absolute atomic E-state index is 0.0621. The summed E-state index contributed by atoms with van der Waals surface area (Å²) in [5, 5.41) is 10.1. The Morgan fingerprint density at radius 2 is 1.93 bits per heavy atom. The van der Waals surface area contributed by atoms with Gasteiger partial charge in [-0.1, -0.05) is 19.1 Å². The van der Waals surface area contributed by atoms with Crippen molar-refractivity contribution in [2.75, 3.05) is 6.54 Å². The number of hydrogen-bond donors (Lipinski definition) is 2. The van der Waals surface area contributed by atoms with Gasteiger partial charge in [-0.3, -0.25) is 0 Å². The van der Waals surface area contributed by atoms with E-state index in [2.05, 4.69) is 0 Å². The average molecular weight is 197 g/mol. The monoisotopic (exact) mass is 197 g/mol. The molecule has 0 spiro atoms. The van der Waals surface area contributed by atoms with Gasteiger partial charge in [0.1, 0.15) is 5.82 Å². The van der Waals surface area contributed by atoms with Gasteiger partial charge < -0.3 is 10.8 Å². The zero-order valence-electron chi connectivity index (χ0n) is 8.50. The first-order valence-corrected chi connectivity index (χ1v) is 4.67. The van der Waals surface area contributed by atoms with Crippen molar-refractivity contribution in [3.63, 3.8) is 0 Å². The Balaban J connectivity index is 2.97. The molecule has 0 radical (unpaired) electrons. The molecule has 1 aromatic carbocycles. The number of nitrogens with two attached hydrogens (primary N) is 1. The fourth-order valence-electron chi connectivity index (χ4n) is 1.30. The summed E-state index contributed by atoms with van der Waals surface area (Å²) in [6.45, 7) is 3.95. The van der Waals surface area contributed by atoms with Gasteiger partial charge in [-0.2, -0.15) is 0 Å². The molecule has 2 unspecified atom stereocenters. The lowest BCUT2D eigenvalue weighted by molar-refractivity contribution is 0.00514. The molecular formula is C11H16FNO. The largest absolute Gasteiger partial charge is 0.385 e. The van der Waals surface area contributed by atoms with Crippen LogP contribution < -0.4 is 5.73 Å². The van der Waals surface area contributed by atoms with Crippen LogP contribution in [0.2, 0.25) is 0 Å². The Morgan fingerprint density at radius 3 is 2.36 bits per heavy atom. The van der Waals surface area contributed by atoms with Gasteiger partial charge in [-0.15, -0.1) is 0 Å². The van der Waals surface area contributed by atoms with Crippen LogP contribution in [-0.2, 0) is 5.60 Å². The number of hydrogen-bond acceptors (Lipinski definition) is 2. The number of rotatable bonds is 3.